The van der Waals surface area contributed by atoms with Crippen molar-refractivity contribution >= 4 is 12.2 Å². The first-order valence-electron chi connectivity index (χ1n) is 6.98. The fourth-order valence-electron chi connectivity index (χ4n) is 2.17. The molecule has 20 heavy (non-hydrogen) atoms. The van der Waals surface area contributed by atoms with Crippen LogP contribution in [0.15, 0.2) is 12.1 Å². The number of H-pyrrole nitrogens is 1. The average Bonchev–Trinajstić information content (AvgIpc) is 2.71. The molecule has 0 fully saturated rings. The zero-order valence-corrected chi connectivity index (χ0v) is 13.6. The van der Waals surface area contributed by atoms with Crippen molar-refractivity contribution in [1.29, 1.82) is 0 Å². The quantitative estimate of drug-likeness (QED) is 0.868. The highest BCUT2D eigenvalue weighted by atomic mass is 32.1. The number of hydrogen-bond donors (Lipinski definition) is 1. The van der Waals surface area contributed by atoms with E-state index in [1.807, 2.05) is 11.5 Å². The third-order valence-electron chi connectivity index (χ3n) is 3.30. The van der Waals surface area contributed by atoms with Crippen molar-refractivity contribution in [2.75, 3.05) is 0 Å². The summed E-state index contributed by atoms with van der Waals surface area (Å²) in [6.07, 6.45) is 1.02. The van der Waals surface area contributed by atoms with Crippen LogP contribution >= 0.6 is 12.2 Å². The Hall–Kier alpha value is -1.49. The molecule has 1 N–H and O–H groups in total. The van der Waals surface area contributed by atoms with Crippen LogP contribution < -0.4 is 0 Å². The highest BCUT2D eigenvalue weighted by molar-refractivity contribution is 7.71. The smallest absolute Gasteiger partial charge is 0.195 e. The molecule has 0 aliphatic heterocycles. The lowest BCUT2D eigenvalue weighted by Gasteiger charge is -2.19. The first kappa shape index (κ1) is 14.9. The Bertz CT molecular complexity index is 661. The standard InChI is InChI=1S/C15H22N4S/c1-6-9-19-13(17-18-14(19)20)11-7-8-12(15(3,4)5)16-10(11)2/h7-8H,6,9H2,1-5H3,(H,18,20). The summed E-state index contributed by atoms with van der Waals surface area (Å²) in [4.78, 5) is 4.73. The zero-order chi connectivity index (χ0) is 14.9. The van der Waals surface area contributed by atoms with Gasteiger partial charge in [0.25, 0.3) is 0 Å². The molecule has 108 valence electrons. The molecule has 2 heterocycles. The molecule has 0 saturated carbocycles. The molecular formula is C15H22N4S. The Morgan fingerprint density at radius 1 is 1.30 bits per heavy atom. The van der Waals surface area contributed by atoms with Gasteiger partial charge < -0.3 is 4.57 Å². The Labute approximate surface area is 125 Å². The zero-order valence-electron chi connectivity index (χ0n) is 12.8. The van der Waals surface area contributed by atoms with E-state index >= 15 is 0 Å². The van der Waals surface area contributed by atoms with Crippen LogP contribution in [-0.2, 0) is 12.0 Å². The lowest BCUT2D eigenvalue weighted by atomic mass is 9.91. The number of nitrogens with one attached hydrogen (secondary N) is 1. The van der Waals surface area contributed by atoms with Gasteiger partial charge in [-0.1, -0.05) is 27.7 Å². The molecule has 0 radical (unpaired) electrons. The predicted molar refractivity (Wildman–Crippen MR) is 84.4 cm³/mol. The van der Waals surface area contributed by atoms with Gasteiger partial charge in [0.05, 0.1) is 0 Å². The predicted octanol–water partition coefficient (Wildman–Crippen LogP) is 4.02. The Morgan fingerprint density at radius 2 is 2.00 bits per heavy atom. The van der Waals surface area contributed by atoms with E-state index in [0.29, 0.717) is 4.77 Å². The number of pyridine rings is 1. The number of nitrogens with zero attached hydrogens (tertiary/aromatic N) is 3. The van der Waals surface area contributed by atoms with Crippen LogP contribution in [0.4, 0.5) is 0 Å². The van der Waals surface area contributed by atoms with E-state index in [1.54, 1.807) is 0 Å². The van der Waals surface area contributed by atoms with Gasteiger partial charge in [-0.3, -0.25) is 10.1 Å². The van der Waals surface area contributed by atoms with Crippen LogP contribution in [0.2, 0.25) is 0 Å². The SMILES string of the molecule is CCCn1c(-c2ccc(C(C)(C)C)nc2C)n[nH]c1=S. The van der Waals surface area contributed by atoms with Gasteiger partial charge in [-0.05, 0) is 37.7 Å². The lowest BCUT2D eigenvalue weighted by Crippen LogP contribution is -2.14. The summed E-state index contributed by atoms with van der Waals surface area (Å²) in [6.45, 7) is 11.5. The maximum Gasteiger partial charge on any atom is 0.195 e. The molecule has 0 bridgehead atoms. The Morgan fingerprint density at radius 3 is 2.55 bits per heavy atom. The van der Waals surface area contributed by atoms with Crippen LogP contribution in [0, 0.1) is 11.7 Å². The molecular weight excluding hydrogens is 268 g/mol. The third-order valence-corrected chi connectivity index (χ3v) is 3.61. The molecule has 0 atom stereocenters. The summed E-state index contributed by atoms with van der Waals surface area (Å²) in [5.74, 6) is 0.877. The van der Waals surface area contributed by atoms with Gasteiger partial charge in [-0.2, -0.15) is 5.10 Å². The van der Waals surface area contributed by atoms with Crippen molar-refractivity contribution in [2.45, 2.75) is 53.0 Å². The Kier molecular flexibility index (Phi) is 4.09. The Balaban J connectivity index is 2.52. The minimum Gasteiger partial charge on any atom is -0.300 e. The van der Waals surface area contributed by atoms with Crippen molar-refractivity contribution < 1.29 is 0 Å². The van der Waals surface area contributed by atoms with Crippen LogP contribution in [-0.4, -0.2) is 19.7 Å². The molecule has 0 unspecified atom stereocenters. The molecule has 2 aromatic heterocycles. The third kappa shape index (κ3) is 2.82. The maximum atomic E-state index is 5.29. The highest BCUT2D eigenvalue weighted by Crippen LogP contribution is 2.26. The highest BCUT2D eigenvalue weighted by Gasteiger charge is 2.18. The summed E-state index contributed by atoms with van der Waals surface area (Å²) in [6, 6.07) is 4.18. The second kappa shape index (κ2) is 5.48. The first-order valence-corrected chi connectivity index (χ1v) is 7.39. The monoisotopic (exact) mass is 290 g/mol. The molecule has 0 saturated heterocycles. The average molecular weight is 290 g/mol. The fourth-order valence-corrected chi connectivity index (χ4v) is 2.39. The van der Waals surface area contributed by atoms with Crippen LogP contribution in [0.1, 0.15) is 45.5 Å². The molecule has 0 aliphatic carbocycles. The number of rotatable bonds is 3. The molecule has 0 spiro atoms. The minimum absolute atomic E-state index is 0.0530. The van der Waals surface area contributed by atoms with Crippen molar-refractivity contribution in [2.24, 2.45) is 0 Å². The number of aromatic amines is 1. The fraction of sp³-hybridized carbons (Fsp3) is 0.533. The van der Waals surface area contributed by atoms with Crippen molar-refractivity contribution in [3.05, 3.63) is 28.3 Å². The van der Waals surface area contributed by atoms with Crippen molar-refractivity contribution in [3.63, 3.8) is 0 Å². The number of aryl methyl sites for hydroxylation is 1. The van der Waals surface area contributed by atoms with E-state index in [0.717, 1.165) is 35.7 Å². The van der Waals surface area contributed by atoms with Crippen LogP contribution in [0.3, 0.4) is 0 Å². The van der Waals surface area contributed by atoms with E-state index in [2.05, 4.69) is 50.0 Å². The minimum atomic E-state index is 0.0530. The van der Waals surface area contributed by atoms with Crippen molar-refractivity contribution in [3.8, 4) is 11.4 Å². The summed E-state index contributed by atoms with van der Waals surface area (Å²) in [5, 5.41) is 7.24. The van der Waals surface area contributed by atoms with Crippen molar-refractivity contribution in [1.82, 2.24) is 19.7 Å². The largest absolute Gasteiger partial charge is 0.300 e. The molecule has 0 amide bonds. The number of aromatic nitrogens is 4. The van der Waals surface area contributed by atoms with Gasteiger partial charge in [0.15, 0.2) is 10.6 Å². The molecule has 0 aromatic carbocycles. The summed E-state index contributed by atoms with van der Waals surface area (Å²) in [7, 11) is 0. The van der Waals surface area contributed by atoms with Crippen LogP contribution in [0.5, 0.6) is 0 Å². The topological polar surface area (TPSA) is 46.5 Å². The summed E-state index contributed by atoms with van der Waals surface area (Å²) >= 11 is 5.29. The first-order chi connectivity index (χ1) is 9.34. The van der Waals surface area contributed by atoms with Gasteiger partial charge >= 0.3 is 0 Å². The van der Waals surface area contributed by atoms with E-state index in [4.69, 9.17) is 17.2 Å². The maximum absolute atomic E-state index is 5.29. The summed E-state index contributed by atoms with van der Waals surface area (Å²) < 4.78 is 2.71. The second-order valence-corrected chi connectivity index (χ2v) is 6.47. The van der Waals surface area contributed by atoms with E-state index in [-0.39, 0.29) is 5.41 Å². The van der Waals surface area contributed by atoms with Gasteiger partial charge in [-0.15, -0.1) is 0 Å². The molecule has 2 aromatic rings. The molecule has 5 heteroatoms. The van der Waals surface area contributed by atoms with Gasteiger partial charge in [0, 0.05) is 28.9 Å². The molecule has 2 rings (SSSR count). The van der Waals surface area contributed by atoms with E-state index in [1.165, 1.54) is 0 Å². The van der Waals surface area contributed by atoms with Gasteiger partial charge in [0.2, 0.25) is 0 Å². The molecule has 4 nitrogen and oxygen atoms in total. The van der Waals surface area contributed by atoms with E-state index in [9.17, 15) is 0 Å². The van der Waals surface area contributed by atoms with Gasteiger partial charge in [0.1, 0.15) is 0 Å². The summed E-state index contributed by atoms with van der Waals surface area (Å²) in [5.41, 5.74) is 3.18. The van der Waals surface area contributed by atoms with Gasteiger partial charge in [-0.25, -0.2) is 0 Å². The number of hydrogen-bond acceptors (Lipinski definition) is 3. The van der Waals surface area contributed by atoms with Crippen LogP contribution in [0.25, 0.3) is 11.4 Å². The second-order valence-electron chi connectivity index (χ2n) is 6.08. The lowest BCUT2D eigenvalue weighted by molar-refractivity contribution is 0.567. The molecule has 0 aliphatic rings. The normalized spacial score (nSPS) is 11.8. The van der Waals surface area contributed by atoms with E-state index < -0.39 is 0 Å².